The maximum atomic E-state index is 13.3. The third-order valence-electron chi connectivity index (χ3n) is 2.81. The smallest absolute Gasteiger partial charge is 0.126 e. The predicted molar refractivity (Wildman–Crippen MR) is 72.6 cm³/mol. The Morgan fingerprint density at radius 2 is 2.05 bits per heavy atom. The first-order chi connectivity index (χ1) is 8.87. The molecule has 1 N–H and O–H groups in total. The molecule has 1 aromatic carbocycles. The van der Waals surface area contributed by atoms with E-state index >= 15 is 0 Å². The zero-order valence-corrected chi connectivity index (χ0v) is 11.7. The van der Waals surface area contributed by atoms with Crippen LogP contribution in [-0.4, -0.2) is 20.5 Å². The van der Waals surface area contributed by atoms with Crippen molar-refractivity contribution >= 4 is 0 Å². The highest BCUT2D eigenvalue weighted by atomic mass is 19.1. The summed E-state index contributed by atoms with van der Waals surface area (Å²) in [7, 11) is 0. The topological polar surface area (TPSA) is 42.7 Å². The summed E-state index contributed by atoms with van der Waals surface area (Å²) < 4.78 is 15.0. The average Bonchev–Trinajstić information content (AvgIpc) is 2.77. The molecule has 0 radical (unpaired) electrons. The van der Waals surface area contributed by atoms with Crippen molar-refractivity contribution in [2.45, 2.75) is 39.8 Å². The summed E-state index contributed by atoms with van der Waals surface area (Å²) in [5, 5.41) is 11.4. The van der Waals surface area contributed by atoms with E-state index in [9.17, 15) is 4.39 Å². The van der Waals surface area contributed by atoms with Gasteiger partial charge in [0, 0.05) is 12.1 Å². The van der Waals surface area contributed by atoms with Crippen LogP contribution >= 0.6 is 0 Å². The van der Waals surface area contributed by atoms with Gasteiger partial charge in [-0.05, 0) is 51.5 Å². The average molecular weight is 262 g/mol. The number of hydrogen-bond donors (Lipinski definition) is 1. The number of aromatic nitrogens is 3. The first-order valence-electron chi connectivity index (χ1n) is 6.28. The van der Waals surface area contributed by atoms with Crippen LogP contribution in [0.1, 0.15) is 32.0 Å². The van der Waals surface area contributed by atoms with Gasteiger partial charge in [-0.1, -0.05) is 5.21 Å². The van der Waals surface area contributed by atoms with E-state index < -0.39 is 0 Å². The molecule has 0 aliphatic heterocycles. The third kappa shape index (κ3) is 3.38. The second-order valence-electron chi connectivity index (χ2n) is 5.67. The molecular weight excluding hydrogens is 243 g/mol. The molecule has 0 saturated carbocycles. The number of aryl methyl sites for hydroxylation is 1. The summed E-state index contributed by atoms with van der Waals surface area (Å²) in [6.07, 6.45) is 1.72. The summed E-state index contributed by atoms with van der Waals surface area (Å²) >= 11 is 0. The van der Waals surface area contributed by atoms with E-state index in [-0.39, 0.29) is 11.4 Å². The van der Waals surface area contributed by atoms with Gasteiger partial charge >= 0.3 is 0 Å². The lowest BCUT2D eigenvalue weighted by molar-refractivity contribution is 0.418. The zero-order chi connectivity index (χ0) is 14.0. The lowest BCUT2D eigenvalue weighted by Crippen LogP contribution is -2.35. The number of nitrogens with one attached hydrogen (secondary N) is 1. The van der Waals surface area contributed by atoms with Gasteiger partial charge in [-0.2, -0.15) is 0 Å². The predicted octanol–water partition coefficient (Wildman–Crippen LogP) is 2.60. The highest BCUT2D eigenvalue weighted by Gasteiger charge is 2.12. The Balaban J connectivity index is 2.26. The number of rotatable bonds is 3. The van der Waals surface area contributed by atoms with Crippen LogP contribution < -0.4 is 5.32 Å². The van der Waals surface area contributed by atoms with E-state index in [0.717, 1.165) is 11.4 Å². The molecule has 1 aromatic heterocycles. The van der Waals surface area contributed by atoms with Gasteiger partial charge < -0.3 is 5.32 Å². The van der Waals surface area contributed by atoms with E-state index in [1.807, 2.05) is 0 Å². The molecule has 0 aliphatic rings. The molecule has 1 heterocycles. The van der Waals surface area contributed by atoms with Crippen LogP contribution in [0.25, 0.3) is 5.69 Å². The number of benzene rings is 1. The maximum Gasteiger partial charge on any atom is 0.126 e. The van der Waals surface area contributed by atoms with E-state index in [4.69, 9.17) is 0 Å². The second kappa shape index (κ2) is 5.09. The third-order valence-corrected chi connectivity index (χ3v) is 2.81. The maximum absolute atomic E-state index is 13.3. The standard InChI is InChI=1S/C14H19FN4/c1-10-7-11(5-6-13(10)15)19-12(9-17-18-19)8-16-14(2,3)4/h5-7,9,16H,8H2,1-4H3. The Bertz CT molecular complexity index is 569. The van der Waals surface area contributed by atoms with Gasteiger partial charge in [0.15, 0.2) is 0 Å². The van der Waals surface area contributed by atoms with Gasteiger partial charge in [0.1, 0.15) is 5.82 Å². The molecule has 0 spiro atoms. The molecule has 2 aromatic rings. The Hall–Kier alpha value is -1.75. The molecule has 0 bridgehead atoms. The van der Waals surface area contributed by atoms with E-state index in [1.165, 1.54) is 6.07 Å². The van der Waals surface area contributed by atoms with Gasteiger partial charge in [0.25, 0.3) is 0 Å². The minimum atomic E-state index is -0.210. The van der Waals surface area contributed by atoms with Crippen molar-refractivity contribution in [1.29, 1.82) is 0 Å². The van der Waals surface area contributed by atoms with Crippen LogP contribution in [-0.2, 0) is 6.54 Å². The summed E-state index contributed by atoms with van der Waals surface area (Å²) in [6, 6.07) is 4.93. The van der Waals surface area contributed by atoms with E-state index in [1.54, 1.807) is 29.9 Å². The van der Waals surface area contributed by atoms with Crippen molar-refractivity contribution in [1.82, 2.24) is 20.3 Å². The Labute approximate surface area is 112 Å². The van der Waals surface area contributed by atoms with Gasteiger partial charge in [0.2, 0.25) is 0 Å². The van der Waals surface area contributed by atoms with Crippen LogP contribution in [0.3, 0.4) is 0 Å². The summed E-state index contributed by atoms with van der Waals surface area (Å²) in [5.74, 6) is -0.210. The first kappa shape index (κ1) is 13.7. The first-order valence-corrected chi connectivity index (χ1v) is 6.28. The van der Waals surface area contributed by atoms with Gasteiger partial charge in [0.05, 0.1) is 17.6 Å². The molecule has 4 nitrogen and oxygen atoms in total. The normalized spacial score (nSPS) is 11.8. The van der Waals surface area contributed by atoms with Gasteiger partial charge in [-0.25, -0.2) is 9.07 Å². The zero-order valence-electron chi connectivity index (χ0n) is 11.7. The largest absolute Gasteiger partial charge is 0.306 e. The molecule has 0 saturated heterocycles. The molecule has 19 heavy (non-hydrogen) atoms. The number of hydrogen-bond acceptors (Lipinski definition) is 3. The number of halogens is 1. The summed E-state index contributed by atoms with van der Waals surface area (Å²) in [4.78, 5) is 0. The van der Waals surface area contributed by atoms with Gasteiger partial charge in [-0.3, -0.25) is 0 Å². The SMILES string of the molecule is Cc1cc(-n2nncc2CNC(C)(C)C)ccc1F. The minimum Gasteiger partial charge on any atom is -0.306 e. The van der Waals surface area contributed by atoms with Crippen LogP contribution in [0.15, 0.2) is 24.4 Å². The lowest BCUT2D eigenvalue weighted by atomic mass is 10.1. The highest BCUT2D eigenvalue weighted by Crippen LogP contribution is 2.14. The Morgan fingerprint density at radius 3 is 2.68 bits per heavy atom. The van der Waals surface area contributed by atoms with Crippen molar-refractivity contribution in [2.75, 3.05) is 0 Å². The van der Waals surface area contributed by atoms with Crippen LogP contribution in [0.5, 0.6) is 0 Å². The Kier molecular flexibility index (Phi) is 3.66. The van der Waals surface area contributed by atoms with Crippen LogP contribution in [0.2, 0.25) is 0 Å². The fraction of sp³-hybridized carbons (Fsp3) is 0.429. The molecule has 0 aliphatic carbocycles. The molecule has 2 rings (SSSR count). The van der Waals surface area contributed by atoms with E-state index in [2.05, 4.69) is 36.4 Å². The second-order valence-corrected chi connectivity index (χ2v) is 5.67. The molecule has 0 fully saturated rings. The quantitative estimate of drug-likeness (QED) is 0.924. The molecule has 0 atom stereocenters. The fourth-order valence-electron chi connectivity index (χ4n) is 1.71. The highest BCUT2D eigenvalue weighted by molar-refractivity contribution is 5.36. The molecule has 5 heteroatoms. The molecule has 102 valence electrons. The summed E-state index contributed by atoms with van der Waals surface area (Å²) in [5.41, 5.74) is 2.39. The van der Waals surface area contributed by atoms with E-state index in [0.29, 0.717) is 12.1 Å². The van der Waals surface area contributed by atoms with Crippen molar-refractivity contribution in [2.24, 2.45) is 0 Å². The van der Waals surface area contributed by atoms with Crippen LogP contribution in [0.4, 0.5) is 4.39 Å². The minimum absolute atomic E-state index is 0.0216. The Morgan fingerprint density at radius 1 is 1.32 bits per heavy atom. The van der Waals surface area contributed by atoms with Crippen molar-refractivity contribution in [3.63, 3.8) is 0 Å². The molecular formula is C14H19FN4. The monoisotopic (exact) mass is 262 g/mol. The van der Waals surface area contributed by atoms with Crippen molar-refractivity contribution in [3.8, 4) is 5.69 Å². The van der Waals surface area contributed by atoms with Crippen molar-refractivity contribution < 1.29 is 4.39 Å². The lowest BCUT2D eigenvalue weighted by Gasteiger charge is -2.20. The van der Waals surface area contributed by atoms with Crippen molar-refractivity contribution in [3.05, 3.63) is 41.5 Å². The molecule has 0 amide bonds. The van der Waals surface area contributed by atoms with Gasteiger partial charge in [-0.15, -0.1) is 5.10 Å². The number of nitrogens with zero attached hydrogens (tertiary/aromatic N) is 3. The fourth-order valence-corrected chi connectivity index (χ4v) is 1.71. The summed E-state index contributed by atoms with van der Waals surface area (Å²) in [6.45, 7) is 8.70. The van der Waals surface area contributed by atoms with Crippen LogP contribution in [0, 0.1) is 12.7 Å². The molecule has 0 unspecified atom stereocenters.